The maximum atomic E-state index is 13.3. The van der Waals surface area contributed by atoms with E-state index >= 15 is 0 Å². The van der Waals surface area contributed by atoms with Crippen molar-refractivity contribution >= 4 is 11.4 Å². The van der Waals surface area contributed by atoms with Gasteiger partial charge < -0.3 is 4.90 Å². The second kappa shape index (κ2) is 5.99. The summed E-state index contributed by atoms with van der Waals surface area (Å²) in [6, 6.07) is 3.29. The smallest absolute Gasteiger partial charge is 0.369 e. The Balaban J connectivity index is 1.86. The third kappa shape index (κ3) is 3.26. The largest absolute Gasteiger partial charge is 0.418 e. The average Bonchev–Trinajstić information content (AvgIpc) is 3.16. The van der Waals surface area contributed by atoms with Crippen molar-refractivity contribution in [2.75, 3.05) is 31.1 Å². The number of benzene rings is 1. The maximum Gasteiger partial charge on any atom is 0.418 e. The van der Waals surface area contributed by atoms with Crippen molar-refractivity contribution in [2.45, 2.75) is 31.5 Å². The molecule has 2 heterocycles. The molecular formula is C15H18F3N3O2. The van der Waals surface area contributed by atoms with Gasteiger partial charge in [-0.15, -0.1) is 0 Å². The van der Waals surface area contributed by atoms with Gasteiger partial charge in [0.25, 0.3) is 5.69 Å². The summed E-state index contributed by atoms with van der Waals surface area (Å²) in [6.07, 6.45) is -1.50. The van der Waals surface area contributed by atoms with Gasteiger partial charge in [0.1, 0.15) is 0 Å². The highest BCUT2D eigenvalue weighted by molar-refractivity contribution is 5.60. The molecule has 1 atom stereocenters. The lowest BCUT2D eigenvalue weighted by atomic mass is 10.1. The molecule has 0 spiro atoms. The average molecular weight is 329 g/mol. The topological polar surface area (TPSA) is 49.6 Å². The zero-order valence-corrected chi connectivity index (χ0v) is 12.6. The number of hydrogen-bond donors (Lipinski definition) is 0. The third-order valence-electron chi connectivity index (χ3n) is 4.66. The van der Waals surface area contributed by atoms with E-state index in [1.807, 2.05) is 0 Å². The molecular weight excluding hydrogens is 311 g/mol. The van der Waals surface area contributed by atoms with Crippen molar-refractivity contribution in [3.8, 4) is 0 Å². The van der Waals surface area contributed by atoms with Crippen LogP contribution in [0.2, 0.25) is 0 Å². The van der Waals surface area contributed by atoms with Gasteiger partial charge in [0.2, 0.25) is 0 Å². The summed E-state index contributed by atoms with van der Waals surface area (Å²) < 4.78 is 39.9. The lowest BCUT2D eigenvalue weighted by molar-refractivity contribution is -0.385. The number of alkyl halides is 3. The van der Waals surface area contributed by atoms with E-state index < -0.39 is 22.4 Å². The van der Waals surface area contributed by atoms with Crippen LogP contribution in [0.3, 0.4) is 0 Å². The van der Waals surface area contributed by atoms with E-state index in [0.717, 1.165) is 38.4 Å². The second-order valence-electron chi connectivity index (χ2n) is 6.09. The highest BCUT2D eigenvalue weighted by Gasteiger charge is 2.38. The third-order valence-corrected chi connectivity index (χ3v) is 4.66. The molecule has 5 nitrogen and oxygen atoms in total. The number of anilines is 1. The monoisotopic (exact) mass is 329 g/mol. The van der Waals surface area contributed by atoms with Crippen LogP contribution in [-0.2, 0) is 6.18 Å². The summed E-state index contributed by atoms with van der Waals surface area (Å²) in [7, 11) is 0. The molecule has 2 saturated heterocycles. The normalized spacial score (nSPS) is 22.7. The van der Waals surface area contributed by atoms with Crippen molar-refractivity contribution in [3.05, 3.63) is 33.9 Å². The van der Waals surface area contributed by atoms with Crippen LogP contribution < -0.4 is 4.90 Å². The fraction of sp³-hybridized carbons (Fsp3) is 0.600. The Morgan fingerprint density at radius 2 is 1.87 bits per heavy atom. The highest BCUT2D eigenvalue weighted by Crippen LogP contribution is 2.40. The Bertz CT molecular complexity index is 600. The predicted molar refractivity (Wildman–Crippen MR) is 79.5 cm³/mol. The number of hydrogen-bond acceptors (Lipinski definition) is 4. The molecule has 0 aliphatic carbocycles. The first kappa shape index (κ1) is 16.0. The molecule has 8 heteroatoms. The molecule has 2 aliphatic rings. The van der Waals surface area contributed by atoms with Crippen LogP contribution in [0, 0.1) is 10.1 Å². The molecule has 2 aliphatic heterocycles. The lowest BCUT2D eigenvalue weighted by Gasteiger charge is -2.26. The van der Waals surface area contributed by atoms with Crippen molar-refractivity contribution in [1.29, 1.82) is 0 Å². The van der Waals surface area contributed by atoms with E-state index in [1.54, 1.807) is 4.90 Å². The number of non-ortho nitro benzene ring substituents is 1. The maximum absolute atomic E-state index is 13.3. The molecule has 0 unspecified atom stereocenters. The van der Waals surface area contributed by atoms with Gasteiger partial charge >= 0.3 is 6.18 Å². The Hall–Kier alpha value is -1.83. The summed E-state index contributed by atoms with van der Waals surface area (Å²) in [6.45, 7) is 3.10. The fourth-order valence-electron chi connectivity index (χ4n) is 3.51. The summed E-state index contributed by atoms with van der Waals surface area (Å²) in [5.41, 5.74) is -1.41. The molecule has 0 radical (unpaired) electrons. The van der Waals surface area contributed by atoms with Crippen LogP contribution in [0.5, 0.6) is 0 Å². The fourth-order valence-corrected chi connectivity index (χ4v) is 3.51. The summed E-state index contributed by atoms with van der Waals surface area (Å²) in [5.74, 6) is 0. The molecule has 0 N–H and O–H groups in total. The van der Waals surface area contributed by atoms with E-state index in [1.165, 1.54) is 6.07 Å². The minimum absolute atomic E-state index is 0.0461. The second-order valence-corrected chi connectivity index (χ2v) is 6.09. The van der Waals surface area contributed by atoms with E-state index in [4.69, 9.17) is 0 Å². The number of nitro benzene ring substituents is 1. The standard InChI is InChI=1S/C15H18F3N3O2/c16-15(17,18)13-9-11(21(22)23)3-4-14(13)20-8-5-12(10-20)19-6-1-2-7-19/h3-4,9,12H,1-2,5-8,10H2/t12-/m0/s1. The molecule has 23 heavy (non-hydrogen) atoms. The Labute approximate surface area is 131 Å². The molecule has 1 aromatic carbocycles. The van der Waals surface area contributed by atoms with Crippen molar-refractivity contribution in [1.82, 2.24) is 4.90 Å². The quantitative estimate of drug-likeness (QED) is 0.631. The van der Waals surface area contributed by atoms with Crippen LogP contribution >= 0.6 is 0 Å². The van der Waals surface area contributed by atoms with Gasteiger partial charge in [-0.3, -0.25) is 15.0 Å². The number of rotatable bonds is 3. The molecule has 0 bridgehead atoms. The van der Waals surface area contributed by atoms with Gasteiger partial charge in [0, 0.05) is 37.0 Å². The number of likely N-dealkylation sites (tertiary alicyclic amines) is 1. The van der Waals surface area contributed by atoms with Gasteiger partial charge in [-0.05, 0) is 38.4 Å². The minimum atomic E-state index is -4.60. The first-order chi connectivity index (χ1) is 10.9. The van der Waals surface area contributed by atoms with E-state index in [0.29, 0.717) is 19.2 Å². The number of nitrogens with zero attached hydrogens (tertiary/aromatic N) is 3. The van der Waals surface area contributed by atoms with E-state index in [-0.39, 0.29) is 11.7 Å². The van der Waals surface area contributed by atoms with Crippen LogP contribution in [0.1, 0.15) is 24.8 Å². The SMILES string of the molecule is O=[N+]([O-])c1ccc(N2CC[C@H](N3CCCC3)C2)c(C(F)(F)F)c1. The highest BCUT2D eigenvalue weighted by atomic mass is 19.4. The van der Waals surface area contributed by atoms with Crippen molar-refractivity contribution in [2.24, 2.45) is 0 Å². The molecule has 1 aromatic rings. The molecule has 0 saturated carbocycles. The molecule has 2 fully saturated rings. The van der Waals surface area contributed by atoms with E-state index in [9.17, 15) is 23.3 Å². The summed E-state index contributed by atoms with van der Waals surface area (Å²) in [4.78, 5) is 14.0. The molecule has 0 aromatic heterocycles. The molecule has 3 rings (SSSR count). The first-order valence-electron chi connectivity index (χ1n) is 7.71. The number of halogens is 3. The van der Waals surface area contributed by atoms with Crippen molar-refractivity contribution < 1.29 is 18.1 Å². The van der Waals surface area contributed by atoms with Crippen LogP contribution in [0.15, 0.2) is 18.2 Å². The van der Waals surface area contributed by atoms with Gasteiger partial charge in [0.05, 0.1) is 10.5 Å². The Morgan fingerprint density at radius 3 is 2.48 bits per heavy atom. The summed E-state index contributed by atoms with van der Waals surface area (Å²) >= 11 is 0. The zero-order chi connectivity index (χ0) is 16.6. The molecule has 126 valence electrons. The lowest BCUT2D eigenvalue weighted by Crippen LogP contribution is -2.35. The number of nitro groups is 1. The summed E-state index contributed by atoms with van der Waals surface area (Å²) in [5, 5.41) is 10.8. The first-order valence-corrected chi connectivity index (χ1v) is 7.71. The van der Waals surface area contributed by atoms with Gasteiger partial charge in [0.15, 0.2) is 0 Å². The minimum Gasteiger partial charge on any atom is -0.369 e. The van der Waals surface area contributed by atoms with Crippen molar-refractivity contribution in [3.63, 3.8) is 0 Å². The van der Waals surface area contributed by atoms with Gasteiger partial charge in [-0.1, -0.05) is 0 Å². The predicted octanol–water partition coefficient (Wildman–Crippen LogP) is 3.29. The van der Waals surface area contributed by atoms with Crippen LogP contribution in [0.25, 0.3) is 0 Å². The van der Waals surface area contributed by atoms with Gasteiger partial charge in [-0.2, -0.15) is 13.2 Å². The van der Waals surface area contributed by atoms with E-state index in [2.05, 4.69) is 4.90 Å². The van der Waals surface area contributed by atoms with Crippen LogP contribution in [0.4, 0.5) is 24.5 Å². The Kier molecular flexibility index (Phi) is 4.18. The zero-order valence-electron chi connectivity index (χ0n) is 12.6. The van der Waals surface area contributed by atoms with Gasteiger partial charge in [-0.25, -0.2) is 0 Å². The Morgan fingerprint density at radius 1 is 1.17 bits per heavy atom. The molecule has 0 amide bonds. The van der Waals surface area contributed by atoms with Crippen LogP contribution in [-0.4, -0.2) is 42.0 Å².